The molecule has 0 aromatic carbocycles. The third-order valence-corrected chi connectivity index (χ3v) is 4.02. The molecule has 0 bridgehead atoms. The molecule has 3 heterocycles. The molecule has 0 radical (unpaired) electrons. The number of amides is 1. The summed E-state index contributed by atoms with van der Waals surface area (Å²) in [6, 6.07) is 1.32. The van der Waals surface area contributed by atoms with Crippen LogP contribution in [0, 0.1) is 0 Å². The maximum absolute atomic E-state index is 12.3. The largest absolute Gasteiger partial charge is 0.339 e. The maximum atomic E-state index is 12.3. The molecule has 0 saturated carbocycles. The molecule has 3 aromatic rings. The van der Waals surface area contributed by atoms with Crippen LogP contribution in [0.2, 0.25) is 0 Å². The fraction of sp³-hybridized carbons (Fsp3) is 0.333. The first-order valence-corrected chi connectivity index (χ1v) is 8.30. The molecule has 0 aliphatic carbocycles. The molecule has 9 heteroatoms. The molecule has 0 aliphatic rings. The van der Waals surface area contributed by atoms with Gasteiger partial charge in [-0.2, -0.15) is 4.98 Å². The second kappa shape index (κ2) is 6.83. The van der Waals surface area contributed by atoms with Gasteiger partial charge in [0.2, 0.25) is 5.89 Å². The van der Waals surface area contributed by atoms with Crippen molar-refractivity contribution < 1.29 is 9.32 Å². The Morgan fingerprint density at radius 1 is 1.21 bits per heavy atom. The Hall–Kier alpha value is -2.68. The summed E-state index contributed by atoms with van der Waals surface area (Å²) < 4.78 is 5.19. The van der Waals surface area contributed by atoms with E-state index in [2.05, 4.69) is 30.4 Å². The average Bonchev–Trinajstić information content (AvgIpc) is 3.25. The van der Waals surface area contributed by atoms with Crippen molar-refractivity contribution >= 4 is 17.2 Å². The number of rotatable bonds is 5. The molecule has 0 unspecified atom stereocenters. The second-order valence-electron chi connectivity index (χ2n) is 5.45. The molecule has 0 spiro atoms. The van der Waals surface area contributed by atoms with Gasteiger partial charge in [0, 0.05) is 23.7 Å². The molecule has 124 valence electrons. The van der Waals surface area contributed by atoms with Crippen molar-refractivity contribution in [2.24, 2.45) is 0 Å². The van der Waals surface area contributed by atoms with E-state index in [1.165, 1.54) is 11.3 Å². The second-order valence-corrected chi connectivity index (χ2v) is 6.31. The molecule has 8 nitrogen and oxygen atoms in total. The molecular formula is C15H16N6O2S. The van der Waals surface area contributed by atoms with Gasteiger partial charge in [0.1, 0.15) is 11.7 Å². The van der Waals surface area contributed by atoms with Crippen molar-refractivity contribution in [1.29, 1.82) is 0 Å². The van der Waals surface area contributed by atoms with Gasteiger partial charge in [-0.15, -0.1) is 11.3 Å². The molecule has 0 aliphatic heterocycles. The minimum Gasteiger partial charge on any atom is -0.339 e. The van der Waals surface area contributed by atoms with Gasteiger partial charge in [-0.05, 0) is 13.0 Å². The lowest BCUT2D eigenvalue weighted by atomic mass is 10.2. The summed E-state index contributed by atoms with van der Waals surface area (Å²) in [5, 5.41) is 8.95. The number of hydrogen-bond acceptors (Lipinski definition) is 8. The van der Waals surface area contributed by atoms with Crippen molar-refractivity contribution in [3.05, 3.63) is 41.2 Å². The van der Waals surface area contributed by atoms with Crippen LogP contribution in [0.3, 0.4) is 0 Å². The third-order valence-electron chi connectivity index (χ3n) is 3.19. The lowest BCUT2D eigenvalue weighted by Gasteiger charge is -2.07. The SMILES string of the molecule is CC(C)c1noc([C@@H](C)NC(=O)c2csc(-c3ncccn3)n2)n1. The van der Waals surface area contributed by atoms with Gasteiger partial charge >= 0.3 is 0 Å². The van der Waals surface area contributed by atoms with Crippen molar-refractivity contribution in [1.82, 2.24) is 30.4 Å². The molecule has 0 fully saturated rings. The van der Waals surface area contributed by atoms with Crippen LogP contribution >= 0.6 is 11.3 Å². The number of carbonyl (C=O) groups excluding carboxylic acids is 1. The van der Waals surface area contributed by atoms with Crippen LogP contribution in [0.5, 0.6) is 0 Å². The van der Waals surface area contributed by atoms with Crippen molar-refractivity contribution in [2.75, 3.05) is 0 Å². The van der Waals surface area contributed by atoms with Gasteiger partial charge in [-0.1, -0.05) is 19.0 Å². The van der Waals surface area contributed by atoms with Crippen LogP contribution in [0.4, 0.5) is 0 Å². The van der Waals surface area contributed by atoms with Crippen LogP contribution in [0.1, 0.15) is 54.9 Å². The van der Waals surface area contributed by atoms with E-state index >= 15 is 0 Å². The summed E-state index contributed by atoms with van der Waals surface area (Å²) >= 11 is 1.31. The molecule has 24 heavy (non-hydrogen) atoms. The number of nitrogens with zero attached hydrogens (tertiary/aromatic N) is 5. The third kappa shape index (κ3) is 3.46. The Balaban J connectivity index is 1.69. The van der Waals surface area contributed by atoms with Crippen molar-refractivity contribution in [3.63, 3.8) is 0 Å². The van der Waals surface area contributed by atoms with Crippen LogP contribution in [-0.2, 0) is 0 Å². The number of aromatic nitrogens is 5. The number of thiazole rings is 1. The lowest BCUT2D eigenvalue weighted by molar-refractivity contribution is 0.0928. The summed E-state index contributed by atoms with van der Waals surface area (Å²) in [5.74, 6) is 1.33. The van der Waals surface area contributed by atoms with Crippen LogP contribution in [-0.4, -0.2) is 31.0 Å². The summed E-state index contributed by atoms with van der Waals surface area (Å²) in [4.78, 5) is 29.1. The first-order valence-electron chi connectivity index (χ1n) is 7.42. The highest BCUT2D eigenvalue weighted by molar-refractivity contribution is 7.13. The highest BCUT2D eigenvalue weighted by Crippen LogP contribution is 2.20. The minimum atomic E-state index is -0.407. The van der Waals surface area contributed by atoms with E-state index in [-0.39, 0.29) is 11.8 Å². The first-order chi connectivity index (χ1) is 11.5. The van der Waals surface area contributed by atoms with Crippen LogP contribution < -0.4 is 5.32 Å². The lowest BCUT2D eigenvalue weighted by Crippen LogP contribution is -2.27. The quantitative estimate of drug-likeness (QED) is 0.758. The highest BCUT2D eigenvalue weighted by atomic mass is 32.1. The Morgan fingerprint density at radius 2 is 1.96 bits per heavy atom. The van der Waals surface area contributed by atoms with E-state index in [0.29, 0.717) is 28.2 Å². The molecule has 1 atom stereocenters. The van der Waals surface area contributed by atoms with E-state index in [1.54, 1.807) is 30.8 Å². The van der Waals surface area contributed by atoms with E-state index < -0.39 is 6.04 Å². The summed E-state index contributed by atoms with van der Waals surface area (Å²) in [6.45, 7) is 5.73. The number of hydrogen-bond donors (Lipinski definition) is 1. The van der Waals surface area contributed by atoms with E-state index in [0.717, 1.165) is 0 Å². The Labute approximate surface area is 142 Å². The standard InChI is InChI=1S/C15H16N6O2S/c1-8(2)11-20-14(23-21-11)9(3)18-13(22)10-7-24-15(19-10)12-16-5-4-6-17-12/h4-9H,1-3H3,(H,18,22)/t9-/m1/s1. The fourth-order valence-electron chi connectivity index (χ4n) is 1.88. The zero-order chi connectivity index (χ0) is 17.1. The summed E-state index contributed by atoms with van der Waals surface area (Å²) in [6.07, 6.45) is 3.26. The first kappa shape index (κ1) is 16.2. The van der Waals surface area contributed by atoms with Crippen molar-refractivity contribution in [2.45, 2.75) is 32.7 Å². The Bertz CT molecular complexity index is 829. The van der Waals surface area contributed by atoms with Gasteiger partial charge < -0.3 is 9.84 Å². The molecule has 3 aromatic heterocycles. The zero-order valence-electron chi connectivity index (χ0n) is 13.4. The number of nitrogens with one attached hydrogen (secondary N) is 1. The topological polar surface area (TPSA) is 107 Å². The predicted octanol–water partition coefficient (Wildman–Crippen LogP) is 2.60. The van der Waals surface area contributed by atoms with Gasteiger partial charge in [0.05, 0.1) is 0 Å². The van der Waals surface area contributed by atoms with Crippen LogP contribution in [0.15, 0.2) is 28.4 Å². The van der Waals surface area contributed by atoms with Gasteiger partial charge in [-0.25, -0.2) is 15.0 Å². The van der Waals surface area contributed by atoms with E-state index in [4.69, 9.17) is 4.52 Å². The Morgan fingerprint density at radius 3 is 2.62 bits per heavy atom. The van der Waals surface area contributed by atoms with E-state index in [9.17, 15) is 4.79 Å². The predicted molar refractivity (Wildman–Crippen MR) is 87.4 cm³/mol. The smallest absolute Gasteiger partial charge is 0.271 e. The average molecular weight is 344 g/mol. The maximum Gasteiger partial charge on any atom is 0.271 e. The molecule has 3 rings (SSSR count). The monoisotopic (exact) mass is 344 g/mol. The highest BCUT2D eigenvalue weighted by Gasteiger charge is 2.20. The van der Waals surface area contributed by atoms with Gasteiger partial charge in [0.25, 0.3) is 5.91 Å². The molecule has 1 amide bonds. The molecule has 0 saturated heterocycles. The molecular weight excluding hydrogens is 328 g/mol. The number of carbonyl (C=O) groups is 1. The Kier molecular flexibility index (Phi) is 4.61. The van der Waals surface area contributed by atoms with E-state index in [1.807, 2.05) is 13.8 Å². The van der Waals surface area contributed by atoms with Gasteiger partial charge in [-0.3, -0.25) is 4.79 Å². The summed E-state index contributed by atoms with van der Waals surface area (Å²) in [5.41, 5.74) is 0.304. The fourth-order valence-corrected chi connectivity index (χ4v) is 2.63. The normalized spacial score (nSPS) is 12.3. The van der Waals surface area contributed by atoms with Gasteiger partial charge in [0.15, 0.2) is 16.7 Å². The molecule has 1 N–H and O–H groups in total. The van der Waals surface area contributed by atoms with Crippen LogP contribution in [0.25, 0.3) is 10.8 Å². The van der Waals surface area contributed by atoms with Crippen molar-refractivity contribution in [3.8, 4) is 10.8 Å². The zero-order valence-corrected chi connectivity index (χ0v) is 14.2. The minimum absolute atomic E-state index is 0.164. The summed E-state index contributed by atoms with van der Waals surface area (Å²) in [7, 11) is 0.